The van der Waals surface area contributed by atoms with Gasteiger partial charge in [-0.25, -0.2) is 0 Å². The van der Waals surface area contributed by atoms with Crippen LogP contribution in [0.3, 0.4) is 0 Å². The average Bonchev–Trinajstić information content (AvgIpc) is 2.93. The van der Waals surface area contributed by atoms with Crippen LogP contribution in [-0.4, -0.2) is 30.0 Å². The van der Waals surface area contributed by atoms with Crippen molar-refractivity contribution in [2.45, 2.75) is 32.2 Å². The highest BCUT2D eigenvalue weighted by atomic mass is 16.2. The lowest BCUT2D eigenvalue weighted by atomic mass is 10.1. The van der Waals surface area contributed by atoms with Crippen LogP contribution in [0.2, 0.25) is 0 Å². The van der Waals surface area contributed by atoms with Gasteiger partial charge in [0, 0.05) is 18.2 Å². The van der Waals surface area contributed by atoms with Crippen LogP contribution in [0.4, 0.5) is 5.69 Å². The Labute approximate surface area is 107 Å². The SMILES string of the molecule is CC(C)c1ccc(N2C[C@H]3CCN[C@H]3C2=O)cn1. The zero-order valence-electron chi connectivity index (χ0n) is 10.9. The molecule has 4 nitrogen and oxygen atoms in total. The van der Waals surface area contributed by atoms with E-state index in [0.29, 0.717) is 11.8 Å². The van der Waals surface area contributed by atoms with Crippen LogP contribution in [0, 0.1) is 5.92 Å². The maximum Gasteiger partial charge on any atom is 0.244 e. The summed E-state index contributed by atoms with van der Waals surface area (Å²) in [5.74, 6) is 1.10. The standard InChI is InChI=1S/C14H19N3O/c1-9(2)12-4-3-11(7-16-12)17-8-10-5-6-15-13(10)14(17)18/h3-4,7,9-10,13,15H,5-6,8H2,1-2H3/t10-,13-/m1/s1. The fraction of sp³-hybridized carbons (Fsp3) is 0.571. The third-order valence-electron chi connectivity index (χ3n) is 3.97. The van der Waals surface area contributed by atoms with Gasteiger partial charge in [0.1, 0.15) is 0 Å². The van der Waals surface area contributed by atoms with E-state index in [9.17, 15) is 4.79 Å². The summed E-state index contributed by atoms with van der Waals surface area (Å²) in [7, 11) is 0. The van der Waals surface area contributed by atoms with Crippen molar-refractivity contribution in [2.24, 2.45) is 5.92 Å². The number of rotatable bonds is 2. The van der Waals surface area contributed by atoms with Crippen LogP contribution in [0.15, 0.2) is 18.3 Å². The lowest BCUT2D eigenvalue weighted by Crippen LogP contribution is -2.36. The molecule has 2 saturated heterocycles. The van der Waals surface area contributed by atoms with Gasteiger partial charge < -0.3 is 10.2 Å². The van der Waals surface area contributed by atoms with E-state index in [1.807, 2.05) is 23.2 Å². The van der Waals surface area contributed by atoms with Crippen LogP contribution in [0.1, 0.15) is 31.9 Å². The molecule has 0 spiro atoms. The summed E-state index contributed by atoms with van der Waals surface area (Å²) in [6.45, 7) is 6.05. The molecule has 4 heteroatoms. The minimum atomic E-state index is 0.0368. The molecule has 0 radical (unpaired) electrons. The van der Waals surface area contributed by atoms with E-state index in [1.165, 1.54) is 0 Å². The molecule has 0 saturated carbocycles. The molecule has 96 valence electrons. The molecular weight excluding hydrogens is 226 g/mol. The van der Waals surface area contributed by atoms with Crippen molar-refractivity contribution in [1.82, 2.24) is 10.3 Å². The minimum absolute atomic E-state index is 0.0368. The molecule has 0 aliphatic carbocycles. The summed E-state index contributed by atoms with van der Waals surface area (Å²) in [6.07, 6.45) is 2.93. The highest BCUT2D eigenvalue weighted by Crippen LogP contribution is 2.30. The summed E-state index contributed by atoms with van der Waals surface area (Å²) in [4.78, 5) is 18.6. The van der Waals surface area contributed by atoms with E-state index < -0.39 is 0 Å². The van der Waals surface area contributed by atoms with Gasteiger partial charge in [-0.15, -0.1) is 0 Å². The first-order valence-electron chi connectivity index (χ1n) is 6.67. The van der Waals surface area contributed by atoms with Gasteiger partial charge in [-0.05, 0) is 31.0 Å². The number of fused-ring (bicyclic) bond motifs is 1. The molecule has 1 N–H and O–H groups in total. The molecule has 2 aliphatic heterocycles. The van der Waals surface area contributed by atoms with E-state index in [4.69, 9.17) is 0 Å². The minimum Gasteiger partial charge on any atom is -0.309 e. The summed E-state index contributed by atoms with van der Waals surface area (Å²) in [6, 6.07) is 4.07. The first-order valence-corrected chi connectivity index (χ1v) is 6.67. The molecule has 3 rings (SSSR count). The zero-order valence-corrected chi connectivity index (χ0v) is 10.9. The fourth-order valence-corrected chi connectivity index (χ4v) is 2.87. The highest BCUT2D eigenvalue weighted by molar-refractivity contribution is 6.00. The predicted octanol–water partition coefficient (Wildman–Crippen LogP) is 1.53. The van der Waals surface area contributed by atoms with Gasteiger partial charge in [-0.1, -0.05) is 13.8 Å². The van der Waals surface area contributed by atoms with Gasteiger partial charge in [0.25, 0.3) is 0 Å². The van der Waals surface area contributed by atoms with Gasteiger partial charge in [-0.3, -0.25) is 9.78 Å². The second-order valence-corrected chi connectivity index (χ2v) is 5.53. The molecule has 1 amide bonds. The Hall–Kier alpha value is -1.42. The number of pyridine rings is 1. The number of carbonyl (C=O) groups is 1. The van der Waals surface area contributed by atoms with Crippen molar-refractivity contribution in [1.29, 1.82) is 0 Å². The molecule has 2 atom stereocenters. The first-order chi connectivity index (χ1) is 8.66. The van der Waals surface area contributed by atoms with Crippen molar-refractivity contribution in [3.63, 3.8) is 0 Å². The summed E-state index contributed by atoms with van der Waals surface area (Å²) in [5, 5.41) is 3.29. The van der Waals surface area contributed by atoms with Crippen LogP contribution >= 0.6 is 0 Å². The van der Waals surface area contributed by atoms with Crippen LogP contribution in [-0.2, 0) is 4.79 Å². The van der Waals surface area contributed by atoms with Crippen LogP contribution in [0.25, 0.3) is 0 Å². The normalized spacial score (nSPS) is 27.1. The van der Waals surface area contributed by atoms with Crippen molar-refractivity contribution in [3.8, 4) is 0 Å². The zero-order chi connectivity index (χ0) is 12.7. The molecule has 0 aromatic carbocycles. The second-order valence-electron chi connectivity index (χ2n) is 5.53. The third-order valence-corrected chi connectivity index (χ3v) is 3.97. The Morgan fingerprint density at radius 2 is 2.28 bits per heavy atom. The number of hydrogen-bond donors (Lipinski definition) is 1. The lowest BCUT2D eigenvalue weighted by Gasteiger charge is -2.18. The molecule has 1 aromatic rings. The Morgan fingerprint density at radius 3 is 2.89 bits per heavy atom. The topological polar surface area (TPSA) is 45.2 Å². The van der Waals surface area contributed by atoms with Gasteiger partial charge in [0.05, 0.1) is 17.9 Å². The molecule has 3 heterocycles. The molecule has 0 bridgehead atoms. The Balaban J connectivity index is 1.81. The number of hydrogen-bond acceptors (Lipinski definition) is 3. The van der Waals surface area contributed by atoms with E-state index in [0.717, 1.165) is 30.9 Å². The summed E-state index contributed by atoms with van der Waals surface area (Å²) in [5.41, 5.74) is 2.00. The average molecular weight is 245 g/mol. The highest BCUT2D eigenvalue weighted by Gasteiger charge is 2.43. The van der Waals surface area contributed by atoms with Crippen LogP contribution in [0.5, 0.6) is 0 Å². The van der Waals surface area contributed by atoms with Gasteiger partial charge in [0.15, 0.2) is 0 Å². The number of nitrogens with zero attached hydrogens (tertiary/aromatic N) is 2. The van der Waals surface area contributed by atoms with E-state index in [2.05, 4.69) is 24.1 Å². The number of carbonyl (C=O) groups excluding carboxylic acids is 1. The second kappa shape index (κ2) is 4.35. The summed E-state index contributed by atoms with van der Waals surface area (Å²) >= 11 is 0. The van der Waals surface area contributed by atoms with E-state index in [1.54, 1.807) is 0 Å². The van der Waals surface area contributed by atoms with Crippen molar-refractivity contribution in [2.75, 3.05) is 18.0 Å². The Bertz CT molecular complexity index is 455. The van der Waals surface area contributed by atoms with E-state index >= 15 is 0 Å². The van der Waals surface area contributed by atoms with Gasteiger partial charge in [0.2, 0.25) is 5.91 Å². The molecule has 2 fully saturated rings. The summed E-state index contributed by atoms with van der Waals surface area (Å²) < 4.78 is 0. The largest absolute Gasteiger partial charge is 0.309 e. The fourth-order valence-electron chi connectivity index (χ4n) is 2.87. The molecule has 2 aliphatic rings. The molecule has 1 aromatic heterocycles. The number of aromatic nitrogens is 1. The molecular formula is C14H19N3O. The molecule has 18 heavy (non-hydrogen) atoms. The maximum absolute atomic E-state index is 12.2. The quantitative estimate of drug-likeness (QED) is 0.859. The van der Waals surface area contributed by atoms with Crippen molar-refractivity contribution in [3.05, 3.63) is 24.0 Å². The Morgan fingerprint density at radius 1 is 1.44 bits per heavy atom. The van der Waals surface area contributed by atoms with Crippen molar-refractivity contribution >= 4 is 11.6 Å². The van der Waals surface area contributed by atoms with Gasteiger partial charge >= 0.3 is 0 Å². The lowest BCUT2D eigenvalue weighted by molar-refractivity contribution is -0.118. The molecule has 0 unspecified atom stereocenters. The van der Waals surface area contributed by atoms with Gasteiger partial charge in [-0.2, -0.15) is 0 Å². The monoisotopic (exact) mass is 245 g/mol. The third kappa shape index (κ3) is 1.81. The number of anilines is 1. The maximum atomic E-state index is 12.2. The van der Waals surface area contributed by atoms with Crippen molar-refractivity contribution < 1.29 is 4.79 Å². The number of nitrogens with one attached hydrogen (secondary N) is 1. The van der Waals surface area contributed by atoms with Crippen LogP contribution < -0.4 is 10.2 Å². The number of amides is 1. The Kier molecular flexibility index (Phi) is 2.82. The smallest absolute Gasteiger partial charge is 0.244 e. The van der Waals surface area contributed by atoms with E-state index in [-0.39, 0.29) is 11.9 Å². The predicted molar refractivity (Wildman–Crippen MR) is 70.6 cm³/mol. The first kappa shape index (κ1) is 11.7.